The number of aromatic nitrogens is 1. The average molecular weight is 386 g/mol. The number of rotatable bonds is 6. The Bertz CT molecular complexity index is 962. The predicted octanol–water partition coefficient (Wildman–Crippen LogP) is 3.48. The fraction of sp³-hybridized carbons (Fsp3) is 0.133. The first-order valence-electron chi connectivity index (χ1n) is 6.99. The van der Waals surface area contributed by atoms with Crippen LogP contribution < -0.4 is 10.0 Å². The van der Waals surface area contributed by atoms with E-state index in [9.17, 15) is 12.8 Å². The van der Waals surface area contributed by atoms with Crippen LogP contribution in [0.4, 0.5) is 10.1 Å². The van der Waals surface area contributed by atoms with E-state index in [-0.39, 0.29) is 28.5 Å². The molecule has 0 aliphatic carbocycles. The molecule has 0 aliphatic heterocycles. The molecular formula is C15H13ClFN3O2S2. The van der Waals surface area contributed by atoms with Crippen LogP contribution in [0.1, 0.15) is 0 Å². The number of pyridine rings is 1. The third-order valence-corrected chi connectivity index (χ3v) is 6.48. The summed E-state index contributed by atoms with van der Waals surface area (Å²) in [5.74, 6) is -0.517. The number of thiophene rings is 1. The normalized spacial score (nSPS) is 11.8. The van der Waals surface area contributed by atoms with Gasteiger partial charge in [0.15, 0.2) is 5.82 Å². The van der Waals surface area contributed by atoms with Gasteiger partial charge in [-0.3, -0.25) is 4.98 Å². The lowest BCUT2D eigenvalue weighted by molar-refractivity contribution is 0.585. The van der Waals surface area contributed by atoms with Crippen LogP contribution in [0.15, 0.2) is 46.1 Å². The van der Waals surface area contributed by atoms with E-state index in [4.69, 9.17) is 11.6 Å². The molecule has 24 heavy (non-hydrogen) atoms. The quantitative estimate of drug-likeness (QED) is 0.637. The van der Waals surface area contributed by atoms with E-state index in [1.165, 1.54) is 12.3 Å². The number of anilines is 1. The third-order valence-electron chi connectivity index (χ3n) is 3.29. The maximum Gasteiger partial charge on any atom is 0.250 e. The number of hydrogen-bond donors (Lipinski definition) is 2. The molecule has 2 N–H and O–H groups in total. The fourth-order valence-electron chi connectivity index (χ4n) is 2.16. The standard InChI is InChI=1S/C15H13ClFN3O2S2/c16-11-5-6-19-15-10(11)3-4-12(14(15)17)18-7-8-20-24(21,22)13-2-1-9-23-13/h1-6,9,18,20H,7-8H2. The Labute approximate surface area is 147 Å². The SMILES string of the molecule is O=S(=O)(NCCNc1ccc2c(Cl)ccnc2c1F)c1cccs1. The minimum Gasteiger partial charge on any atom is -0.381 e. The van der Waals surface area contributed by atoms with Gasteiger partial charge in [0.05, 0.1) is 10.7 Å². The van der Waals surface area contributed by atoms with E-state index in [0.29, 0.717) is 10.4 Å². The minimum atomic E-state index is -3.52. The van der Waals surface area contributed by atoms with E-state index >= 15 is 0 Å². The number of benzene rings is 1. The van der Waals surface area contributed by atoms with Crippen LogP contribution >= 0.6 is 22.9 Å². The van der Waals surface area contributed by atoms with Gasteiger partial charge < -0.3 is 5.32 Å². The second kappa shape index (κ2) is 7.02. The molecule has 0 unspecified atom stereocenters. The van der Waals surface area contributed by atoms with Crippen molar-refractivity contribution in [2.24, 2.45) is 0 Å². The molecule has 0 spiro atoms. The van der Waals surface area contributed by atoms with Gasteiger partial charge in [0.2, 0.25) is 10.0 Å². The molecule has 3 aromatic rings. The predicted molar refractivity (Wildman–Crippen MR) is 94.7 cm³/mol. The minimum absolute atomic E-state index is 0.126. The zero-order valence-electron chi connectivity index (χ0n) is 12.3. The van der Waals surface area contributed by atoms with Crippen LogP contribution in [0.3, 0.4) is 0 Å². The summed E-state index contributed by atoms with van der Waals surface area (Å²) in [6.07, 6.45) is 1.44. The van der Waals surface area contributed by atoms with Crippen LogP contribution in [0.5, 0.6) is 0 Å². The van der Waals surface area contributed by atoms with Gasteiger partial charge in [-0.25, -0.2) is 17.5 Å². The smallest absolute Gasteiger partial charge is 0.250 e. The topological polar surface area (TPSA) is 71.1 Å². The maximum absolute atomic E-state index is 14.4. The number of halogens is 2. The van der Waals surface area contributed by atoms with Crippen molar-refractivity contribution in [3.63, 3.8) is 0 Å². The van der Waals surface area contributed by atoms with Crippen molar-refractivity contribution in [3.8, 4) is 0 Å². The molecule has 0 saturated heterocycles. The van der Waals surface area contributed by atoms with Crippen LogP contribution in [0, 0.1) is 5.82 Å². The van der Waals surface area contributed by atoms with Gasteiger partial charge in [0, 0.05) is 24.7 Å². The van der Waals surface area contributed by atoms with E-state index in [1.807, 2.05) is 0 Å². The largest absolute Gasteiger partial charge is 0.381 e. The summed E-state index contributed by atoms with van der Waals surface area (Å²) >= 11 is 7.14. The lowest BCUT2D eigenvalue weighted by Crippen LogP contribution is -2.28. The third kappa shape index (κ3) is 3.51. The molecule has 0 radical (unpaired) electrons. The molecule has 126 valence electrons. The average Bonchev–Trinajstić information content (AvgIpc) is 3.09. The molecule has 2 heterocycles. The number of sulfonamides is 1. The van der Waals surface area contributed by atoms with Crippen molar-refractivity contribution < 1.29 is 12.8 Å². The molecule has 1 aromatic carbocycles. The fourth-order valence-corrected chi connectivity index (χ4v) is 4.44. The molecule has 9 heteroatoms. The van der Waals surface area contributed by atoms with Crippen LogP contribution in [0.25, 0.3) is 10.9 Å². The van der Waals surface area contributed by atoms with Gasteiger partial charge in [0.1, 0.15) is 9.73 Å². The van der Waals surface area contributed by atoms with Gasteiger partial charge in [-0.05, 0) is 29.6 Å². The first kappa shape index (κ1) is 17.1. The second-order valence-corrected chi connectivity index (χ2v) is 8.22. The number of nitrogens with one attached hydrogen (secondary N) is 2. The highest BCUT2D eigenvalue weighted by molar-refractivity contribution is 7.91. The van der Waals surface area contributed by atoms with Crippen LogP contribution in [0.2, 0.25) is 5.02 Å². The van der Waals surface area contributed by atoms with E-state index in [0.717, 1.165) is 11.3 Å². The Morgan fingerprint density at radius 1 is 1.21 bits per heavy atom. The highest BCUT2D eigenvalue weighted by Crippen LogP contribution is 2.27. The van der Waals surface area contributed by atoms with Crippen molar-refractivity contribution in [2.45, 2.75) is 4.21 Å². The molecular weight excluding hydrogens is 373 g/mol. The van der Waals surface area contributed by atoms with Crippen molar-refractivity contribution in [1.29, 1.82) is 0 Å². The van der Waals surface area contributed by atoms with Gasteiger partial charge in [0.25, 0.3) is 0 Å². The Morgan fingerprint density at radius 3 is 2.79 bits per heavy atom. The lowest BCUT2D eigenvalue weighted by atomic mass is 10.2. The summed E-state index contributed by atoms with van der Waals surface area (Å²) in [5.41, 5.74) is 0.416. The van der Waals surface area contributed by atoms with E-state index in [1.54, 1.807) is 29.6 Å². The molecule has 0 amide bonds. The van der Waals surface area contributed by atoms with Crippen LogP contribution in [-0.2, 0) is 10.0 Å². The zero-order valence-corrected chi connectivity index (χ0v) is 14.7. The first-order chi connectivity index (χ1) is 11.5. The Kier molecular flexibility index (Phi) is 5.00. The summed E-state index contributed by atoms with van der Waals surface area (Å²) in [6, 6.07) is 8.01. The molecule has 0 saturated carbocycles. The van der Waals surface area contributed by atoms with Gasteiger partial charge >= 0.3 is 0 Å². The van der Waals surface area contributed by atoms with Gasteiger partial charge in [-0.2, -0.15) is 0 Å². The number of nitrogens with zero attached hydrogens (tertiary/aromatic N) is 1. The number of fused-ring (bicyclic) bond motifs is 1. The van der Waals surface area contributed by atoms with Crippen molar-refractivity contribution in [3.05, 3.63) is 52.7 Å². The maximum atomic E-state index is 14.4. The second-order valence-electron chi connectivity index (χ2n) is 4.87. The molecule has 0 fully saturated rings. The van der Waals surface area contributed by atoms with E-state index < -0.39 is 15.8 Å². The number of hydrogen-bond acceptors (Lipinski definition) is 5. The summed E-state index contributed by atoms with van der Waals surface area (Å²) in [7, 11) is -3.52. The van der Waals surface area contributed by atoms with Crippen LogP contribution in [-0.4, -0.2) is 26.5 Å². The van der Waals surface area contributed by atoms with Gasteiger partial charge in [-0.1, -0.05) is 17.7 Å². The molecule has 5 nitrogen and oxygen atoms in total. The summed E-state index contributed by atoms with van der Waals surface area (Å²) in [5, 5.41) is 5.50. The molecule has 2 aromatic heterocycles. The van der Waals surface area contributed by atoms with Crippen molar-refractivity contribution in [1.82, 2.24) is 9.71 Å². The Hall–Kier alpha value is -1.74. The molecule has 3 rings (SSSR count). The van der Waals surface area contributed by atoms with Crippen molar-refractivity contribution in [2.75, 3.05) is 18.4 Å². The monoisotopic (exact) mass is 385 g/mol. The molecule has 0 bridgehead atoms. The van der Waals surface area contributed by atoms with Gasteiger partial charge in [-0.15, -0.1) is 11.3 Å². The summed E-state index contributed by atoms with van der Waals surface area (Å²) in [6.45, 7) is 0.355. The van der Waals surface area contributed by atoms with Crippen molar-refractivity contribution >= 4 is 49.6 Å². The highest BCUT2D eigenvalue weighted by atomic mass is 35.5. The molecule has 0 aliphatic rings. The zero-order chi connectivity index (χ0) is 17.2. The Morgan fingerprint density at radius 2 is 2.04 bits per heavy atom. The van der Waals surface area contributed by atoms with E-state index in [2.05, 4.69) is 15.0 Å². The lowest BCUT2D eigenvalue weighted by Gasteiger charge is -2.10. The summed E-state index contributed by atoms with van der Waals surface area (Å²) in [4.78, 5) is 3.99. The molecule has 0 atom stereocenters. The highest BCUT2D eigenvalue weighted by Gasteiger charge is 2.14. The summed E-state index contributed by atoms with van der Waals surface area (Å²) < 4.78 is 41.0. The Balaban J connectivity index is 1.65. The first-order valence-corrected chi connectivity index (χ1v) is 9.73.